The van der Waals surface area contributed by atoms with E-state index in [2.05, 4.69) is 26.3 Å². The molecule has 5 rings (SSSR count). The van der Waals surface area contributed by atoms with Crippen LogP contribution in [0.2, 0.25) is 0 Å². The van der Waals surface area contributed by atoms with Gasteiger partial charge in [0.1, 0.15) is 5.69 Å². The van der Waals surface area contributed by atoms with Crippen molar-refractivity contribution in [2.24, 2.45) is 5.73 Å². The van der Waals surface area contributed by atoms with Crippen LogP contribution in [-0.4, -0.2) is 43.6 Å². The Morgan fingerprint density at radius 2 is 1.88 bits per heavy atom. The van der Waals surface area contributed by atoms with Crippen LogP contribution < -0.4 is 21.9 Å². The summed E-state index contributed by atoms with van der Waals surface area (Å²) in [4.78, 5) is 29.7. The lowest BCUT2D eigenvalue weighted by Gasteiger charge is -2.08. The summed E-state index contributed by atoms with van der Waals surface area (Å²) in [7, 11) is 0. The zero-order valence-electron chi connectivity index (χ0n) is 18.3. The Balaban J connectivity index is 0.000000601. The molecular formula is C23H26N6O4. The van der Waals surface area contributed by atoms with Gasteiger partial charge in [0.15, 0.2) is 0 Å². The summed E-state index contributed by atoms with van der Waals surface area (Å²) in [6.07, 6.45) is 0.00362. The van der Waals surface area contributed by atoms with E-state index >= 15 is 0 Å². The number of H-pyrrole nitrogens is 1. The third kappa shape index (κ3) is 4.26. The van der Waals surface area contributed by atoms with E-state index in [-0.39, 0.29) is 5.56 Å². The Morgan fingerprint density at radius 1 is 1.21 bits per heavy atom. The van der Waals surface area contributed by atoms with E-state index in [1.807, 2.05) is 31.2 Å². The highest BCUT2D eigenvalue weighted by molar-refractivity contribution is 5.98. The molecule has 10 nitrogen and oxygen atoms in total. The van der Waals surface area contributed by atoms with E-state index in [0.717, 1.165) is 53.4 Å². The van der Waals surface area contributed by atoms with Gasteiger partial charge in [-0.2, -0.15) is 0 Å². The number of aromatic amines is 1. The molecule has 1 aliphatic heterocycles. The Morgan fingerprint density at radius 3 is 2.58 bits per heavy atom. The van der Waals surface area contributed by atoms with Gasteiger partial charge in [-0.05, 0) is 38.1 Å². The molecule has 0 fully saturated rings. The first-order valence-electron chi connectivity index (χ1n) is 10.6. The molecule has 172 valence electrons. The van der Waals surface area contributed by atoms with Crippen molar-refractivity contribution in [3.63, 3.8) is 0 Å². The number of hydrogen-bond donors (Lipinski definition) is 6. The molecule has 0 spiro atoms. The van der Waals surface area contributed by atoms with Crippen LogP contribution in [0.5, 0.6) is 0 Å². The number of nitrogens with one attached hydrogen (secondary N) is 3. The maximum Gasteiger partial charge on any atom is 0.300 e. The van der Waals surface area contributed by atoms with Crippen LogP contribution in [0.15, 0.2) is 41.2 Å². The molecule has 0 aliphatic carbocycles. The lowest BCUT2D eigenvalue weighted by atomic mass is 10.1. The van der Waals surface area contributed by atoms with E-state index in [9.17, 15) is 9.90 Å². The van der Waals surface area contributed by atoms with Gasteiger partial charge < -0.3 is 36.1 Å². The van der Waals surface area contributed by atoms with Crippen LogP contribution in [0.4, 0.5) is 11.4 Å². The molecule has 7 N–H and O–H groups in total. The number of benzene rings is 2. The van der Waals surface area contributed by atoms with Crippen molar-refractivity contribution in [3.8, 4) is 11.3 Å². The molecule has 0 saturated carbocycles. The summed E-state index contributed by atoms with van der Waals surface area (Å²) in [6, 6.07) is 11.7. The number of anilines is 2. The SMILES string of the molecule is CC(=O)O.Cc1c(-c2nc3cc4c(cc3[nH]c2=O)NC(O)N4)c2ccccc2n1CCCN. The number of carbonyl (C=O) groups is 1. The number of carboxylic acid groups (broad SMARTS) is 1. The highest BCUT2D eigenvalue weighted by atomic mass is 16.4. The quantitative estimate of drug-likeness (QED) is 0.277. The number of carboxylic acids is 1. The van der Waals surface area contributed by atoms with Crippen LogP contribution >= 0.6 is 0 Å². The molecule has 0 saturated heterocycles. The van der Waals surface area contributed by atoms with Gasteiger partial charge >= 0.3 is 0 Å². The van der Waals surface area contributed by atoms with Gasteiger partial charge in [0.05, 0.1) is 22.4 Å². The summed E-state index contributed by atoms with van der Waals surface area (Å²) < 4.78 is 2.20. The standard InChI is InChI=1S/C21H22N6O2.C2H4O2/c1-11-18(12-5-2-3-6-17(12)27(11)8-4-7-22)19-20(28)24-14-10-16-15(9-13(14)23-19)25-21(29)26-16;1-2(3)4/h2-3,5-6,9-10,21,25-26,29H,4,7-8,22H2,1H3,(H,24,28);1H3,(H,3,4). The molecular weight excluding hydrogens is 424 g/mol. The second-order valence-electron chi connectivity index (χ2n) is 7.81. The maximum absolute atomic E-state index is 13.0. The third-order valence-electron chi connectivity index (χ3n) is 5.47. The number of nitrogens with two attached hydrogens (primary N) is 1. The van der Waals surface area contributed by atoms with Crippen LogP contribution in [0.25, 0.3) is 33.2 Å². The second kappa shape index (κ2) is 8.93. The van der Waals surface area contributed by atoms with E-state index in [1.54, 1.807) is 6.07 Å². The Labute approximate surface area is 189 Å². The topological polar surface area (TPSA) is 158 Å². The minimum absolute atomic E-state index is 0.242. The minimum atomic E-state index is -0.851. The molecule has 3 heterocycles. The predicted octanol–water partition coefficient (Wildman–Crippen LogP) is 2.41. The third-order valence-corrected chi connectivity index (χ3v) is 5.47. The molecule has 2 aromatic heterocycles. The summed E-state index contributed by atoms with van der Waals surface area (Å²) in [5.74, 6) is -0.833. The lowest BCUT2D eigenvalue weighted by Crippen LogP contribution is -2.20. The smallest absolute Gasteiger partial charge is 0.300 e. The molecule has 1 atom stereocenters. The minimum Gasteiger partial charge on any atom is -0.481 e. The van der Waals surface area contributed by atoms with Crippen molar-refractivity contribution in [3.05, 3.63) is 52.4 Å². The first-order chi connectivity index (χ1) is 15.8. The van der Waals surface area contributed by atoms with Crippen LogP contribution in [0, 0.1) is 6.92 Å². The summed E-state index contributed by atoms with van der Waals surface area (Å²) in [6.45, 7) is 4.49. The van der Waals surface area contributed by atoms with Crippen molar-refractivity contribution in [2.45, 2.75) is 33.2 Å². The van der Waals surface area contributed by atoms with Crippen LogP contribution in [0.3, 0.4) is 0 Å². The monoisotopic (exact) mass is 450 g/mol. The zero-order valence-corrected chi connectivity index (χ0v) is 18.3. The van der Waals surface area contributed by atoms with Gasteiger partial charge in [0.2, 0.25) is 6.35 Å². The molecule has 33 heavy (non-hydrogen) atoms. The normalized spacial score (nSPS) is 14.4. The fraction of sp³-hybridized carbons (Fsp3) is 0.261. The fourth-order valence-corrected chi connectivity index (χ4v) is 4.14. The first kappa shape index (κ1) is 22.3. The molecule has 1 unspecified atom stereocenters. The molecule has 0 bridgehead atoms. The number of aliphatic hydroxyl groups excluding tert-OH is 1. The summed E-state index contributed by atoms with van der Waals surface area (Å²) in [5, 5.41) is 24.0. The molecule has 1 aliphatic rings. The van der Waals surface area contributed by atoms with Gasteiger partial charge in [-0.25, -0.2) is 4.98 Å². The number of rotatable bonds is 4. The number of aliphatic carboxylic acids is 1. The highest BCUT2D eigenvalue weighted by Gasteiger charge is 2.22. The van der Waals surface area contributed by atoms with Crippen molar-refractivity contribution in [1.29, 1.82) is 0 Å². The van der Waals surface area contributed by atoms with Gasteiger partial charge in [0, 0.05) is 35.6 Å². The summed E-state index contributed by atoms with van der Waals surface area (Å²) in [5.41, 5.74) is 11.5. The average molecular weight is 450 g/mol. The molecule has 10 heteroatoms. The number of fused-ring (bicyclic) bond motifs is 3. The van der Waals surface area contributed by atoms with Gasteiger partial charge in [-0.3, -0.25) is 9.59 Å². The Bertz CT molecular complexity index is 1400. The highest BCUT2D eigenvalue weighted by Crippen LogP contribution is 2.35. The van der Waals surface area contributed by atoms with E-state index in [0.29, 0.717) is 23.3 Å². The van der Waals surface area contributed by atoms with Crippen molar-refractivity contribution in [2.75, 3.05) is 17.2 Å². The van der Waals surface area contributed by atoms with Gasteiger partial charge in [-0.15, -0.1) is 0 Å². The first-order valence-corrected chi connectivity index (χ1v) is 10.6. The van der Waals surface area contributed by atoms with Crippen molar-refractivity contribution >= 4 is 39.3 Å². The molecule has 0 amide bonds. The second-order valence-corrected chi connectivity index (χ2v) is 7.81. The fourth-order valence-electron chi connectivity index (χ4n) is 4.14. The Kier molecular flexibility index (Phi) is 6.03. The van der Waals surface area contributed by atoms with Crippen LogP contribution in [-0.2, 0) is 11.3 Å². The maximum atomic E-state index is 13.0. The number of aromatic nitrogens is 3. The largest absolute Gasteiger partial charge is 0.481 e. The van der Waals surface area contributed by atoms with E-state index in [1.165, 1.54) is 0 Å². The van der Waals surface area contributed by atoms with Gasteiger partial charge in [0.25, 0.3) is 11.5 Å². The number of hydrogen-bond acceptors (Lipinski definition) is 7. The number of aryl methyl sites for hydroxylation is 1. The van der Waals surface area contributed by atoms with Gasteiger partial charge in [-0.1, -0.05) is 18.2 Å². The number of aliphatic hydroxyl groups is 1. The average Bonchev–Trinajstić information content (AvgIpc) is 3.25. The predicted molar refractivity (Wildman–Crippen MR) is 128 cm³/mol. The summed E-state index contributed by atoms with van der Waals surface area (Å²) >= 11 is 0. The molecule has 4 aromatic rings. The van der Waals surface area contributed by atoms with Crippen molar-refractivity contribution in [1.82, 2.24) is 14.5 Å². The van der Waals surface area contributed by atoms with E-state index < -0.39 is 12.3 Å². The lowest BCUT2D eigenvalue weighted by molar-refractivity contribution is -0.134. The number of para-hydroxylation sites is 1. The van der Waals surface area contributed by atoms with Crippen molar-refractivity contribution < 1.29 is 15.0 Å². The van der Waals surface area contributed by atoms with Crippen LogP contribution in [0.1, 0.15) is 19.0 Å². The molecule has 0 radical (unpaired) electrons. The molecule has 2 aromatic carbocycles. The Hall–Kier alpha value is -3.89. The van der Waals surface area contributed by atoms with E-state index in [4.69, 9.17) is 20.6 Å². The number of nitrogens with zero attached hydrogens (tertiary/aromatic N) is 2. The zero-order chi connectivity index (χ0) is 23.7.